The Labute approximate surface area is 126 Å². The van der Waals surface area contributed by atoms with Crippen molar-refractivity contribution in [1.29, 1.82) is 0 Å². The third-order valence-corrected chi connectivity index (χ3v) is 3.55. The molecule has 6 heteroatoms. The van der Waals surface area contributed by atoms with Crippen LogP contribution in [-0.4, -0.2) is 18.4 Å². The summed E-state index contributed by atoms with van der Waals surface area (Å²) in [6, 6.07) is 4.13. The van der Waals surface area contributed by atoms with Gasteiger partial charge in [-0.15, -0.1) is 0 Å². The van der Waals surface area contributed by atoms with E-state index in [1.54, 1.807) is 6.92 Å². The fourth-order valence-corrected chi connectivity index (χ4v) is 1.90. The maximum absolute atomic E-state index is 12.6. The van der Waals surface area contributed by atoms with Crippen LogP contribution in [0.4, 0.5) is 13.2 Å². The lowest BCUT2D eigenvalue weighted by molar-refractivity contribution is -0.154. The summed E-state index contributed by atoms with van der Waals surface area (Å²) in [5.74, 6) is -1.26. The molecular weight excluding hydrogens is 297 g/mol. The molecule has 1 aromatic rings. The molecule has 0 bridgehead atoms. The first-order valence-corrected chi connectivity index (χ1v) is 6.60. The molecule has 0 fully saturated rings. The Morgan fingerprint density at radius 1 is 1.18 bits per heavy atom. The Bertz CT molecular complexity index is 588. The molecule has 0 aromatic heterocycles. The van der Waals surface area contributed by atoms with E-state index in [0.29, 0.717) is 0 Å². The summed E-state index contributed by atoms with van der Waals surface area (Å²) < 4.78 is 42.6. The zero-order valence-electron chi connectivity index (χ0n) is 12.6. The molecule has 0 N–H and O–H groups in total. The summed E-state index contributed by atoms with van der Waals surface area (Å²) in [5, 5.41) is 0. The van der Waals surface area contributed by atoms with Gasteiger partial charge in [0.1, 0.15) is 5.41 Å². The molecule has 1 rings (SSSR count). The highest BCUT2D eigenvalue weighted by Gasteiger charge is 2.43. The summed E-state index contributed by atoms with van der Waals surface area (Å²) in [5.41, 5.74) is -2.06. The van der Waals surface area contributed by atoms with E-state index in [-0.39, 0.29) is 17.7 Å². The molecule has 0 saturated heterocycles. The van der Waals surface area contributed by atoms with E-state index < -0.39 is 28.9 Å². The summed E-state index contributed by atoms with van der Waals surface area (Å²) >= 11 is 0. The van der Waals surface area contributed by atoms with Crippen LogP contribution in [0, 0.1) is 5.41 Å². The molecule has 1 aromatic carbocycles. The Morgan fingerprint density at radius 3 is 2.05 bits per heavy atom. The minimum absolute atomic E-state index is 0.0853. The summed E-state index contributed by atoms with van der Waals surface area (Å²) in [6.45, 7) is 7.96. The zero-order valence-corrected chi connectivity index (χ0v) is 12.6. The molecule has 0 spiro atoms. The molecule has 0 saturated carbocycles. The van der Waals surface area contributed by atoms with Crippen LogP contribution in [-0.2, 0) is 20.5 Å². The quantitative estimate of drug-likeness (QED) is 0.612. The maximum atomic E-state index is 12.6. The number of esters is 1. The molecule has 0 aliphatic carbocycles. The molecule has 0 radical (unpaired) electrons. The molecule has 0 amide bonds. The highest BCUT2D eigenvalue weighted by molar-refractivity contribution is 6.13. The van der Waals surface area contributed by atoms with Gasteiger partial charge in [0.2, 0.25) is 0 Å². The fourth-order valence-electron chi connectivity index (χ4n) is 1.90. The van der Waals surface area contributed by atoms with E-state index in [2.05, 4.69) is 6.58 Å². The smallest absolute Gasteiger partial charge is 0.416 e. The summed E-state index contributed by atoms with van der Waals surface area (Å²) in [4.78, 5) is 23.9. The lowest BCUT2D eigenvalue weighted by Gasteiger charge is -2.27. The van der Waals surface area contributed by atoms with Gasteiger partial charge in [0.05, 0.1) is 12.2 Å². The molecule has 0 aliphatic heterocycles. The number of carbonyl (C=O) groups excluding carboxylic acids is 2. The molecule has 120 valence electrons. The number of carbonyl (C=O) groups is 2. The Balaban J connectivity index is 3.21. The van der Waals surface area contributed by atoms with E-state index in [1.165, 1.54) is 26.0 Å². The topological polar surface area (TPSA) is 43.4 Å². The van der Waals surface area contributed by atoms with Gasteiger partial charge >= 0.3 is 12.1 Å². The second-order valence-corrected chi connectivity index (χ2v) is 4.96. The third kappa shape index (κ3) is 3.37. The predicted molar refractivity (Wildman–Crippen MR) is 75.9 cm³/mol. The molecule has 1 unspecified atom stereocenters. The van der Waals surface area contributed by atoms with Crippen LogP contribution in [0.2, 0.25) is 0 Å². The highest BCUT2D eigenvalue weighted by Crippen LogP contribution is 2.37. The Hall–Kier alpha value is -2.11. The number of rotatable bonds is 5. The van der Waals surface area contributed by atoms with Crippen LogP contribution in [0.25, 0.3) is 5.57 Å². The van der Waals surface area contributed by atoms with Crippen LogP contribution in [0.3, 0.4) is 0 Å². The average molecular weight is 314 g/mol. The monoisotopic (exact) mass is 314 g/mol. The molecule has 22 heavy (non-hydrogen) atoms. The number of ketones is 1. The van der Waals surface area contributed by atoms with Crippen molar-refractivity contribution < 1.29 is 27.5 Å². The molecular formula is C16H17F3O3. The summed E-state index contributed by atoms with van der Waals surface area (Å²) in [6.07, 6.45) is -4.45. The molecule has 0 heterocycles. The lowest BCUT2D eigenvalue weighted by Crippen LogP contribution is -2.37. The number of hydrogen-bond donors (Lipinski definition) is 0. The Kier molecular flexibility index (Phi) is 5.17. The first-order valence-electron chi connectivity index (χ1n) is 6.60. The largest absolute Gasteiger partial charge is 0.465 e. The maximum Gasteiger partial charge on any atom is 0.416 e. The van der Waals surface area contributed by atoms with Gasteiger partial charge in [-0.2, -0.15) is 13.2 Å². The lowest BCUT2D eigenvalue weighted by atomic mass is 9.76. The van der Waals surface area contributed by atoms with Crippen molar-refractivity contribution in [2.75, 3.05) is 6.61 Å². The van der Waals surface area contributed by atoms with Gasteiger partial charge < -0.3 is 4.74 Å². The van der Waals surface area contributed by atoms with E-state index in [9.17, 15) is 22.8 Å². The molecule has 0 aliphatic rings. The van der Waals surface area contributed by atoms with Crippen LogP contribution >= 0.6 is 0 Å². The van der Waals surface area contributed by atoms with Crippen LogP contribution in [0.5, 0.6) is 0 Å². The van der Waals surface area contributed by atoms with E-state index >= 15 is 0 Å². The summed E-state index contributed by atoms with van der Waals surface area (Å²) in [7, 11) is 0. The Morgan fingerprint density at radius 2 is 1.68 bits per heavy atom. The number of alkyl halides is 3. The number of benzene rings is 1. The predicted octanol–water partition coefficient (Wildman–Crippen LogP) is 3.88. The molecule has 1 atom stereocenters. The van der Waals surface area contributed by atoms with Crippen LogP contribution < -0.4 is 0 Å². The van der Waals surface area contributed by atoms with Crippen molar-refractivity contribution in [1.82, 2.24) is 0 Å². The molecule has 3 nitrogen and oxygen atoms in total. The van der Waals surface area contributed by atoms with Crippen LogP contribution in [0.1, 0.15) is 31.9 Å². The average Bonchev–Trinajstić information content (AvgIpc) is 2.44. The second-order valence-electron chi connectivity index (χ2n) is 4.96. The van der Waals surface area contributed by atoms with Crippen molar-refractivity contribution in [2.24, 2.45) is 5.41 Å². The van der Waals surface area contributed by atoms with Crippen molar-refractivity contribution in [3.05, 3.63) is 42.0 Å². The van der Waals surface area contributed by atoms with Gasteiger partial charge in [0.25, 0.3) is 0 Å². The third-order valence-electron chi connectivity index (χ3n) is 3.55. The number of halogens is 3. The first kappa shape index (κ1) is 17.9. The van der Waals surface area contributed by atoms with Gasteiger partial charge in [0, 0.05) is 0 Å². The highest BCUT2D eigenvalue weighted by atomic mass is 19.4. The number of hydrogen-bond acceptors (Lipinski definition) is 3. The van der Waals surface area contributed by atoms with Crippen molar-refractivity contribution in [2.45, 2.75) is 26.9 Å². The van der Waals surface area contributed by atoms with Gasteiger partial charge in [-0.1, -0.05) is 18.7 Å². The normalized spacial score (nSPS) is 14.1. The zero-order chi connectivity index (χ0) is 17.1. The number of Topliss-reactive ketones (excluding diaryl/α,β-unsaturated/α-hetero) is 1. The standard InChI is InChI=1S/C16H17F3O3/c1-5-22-14(21)15(4,11(3)20)10(2)12-6-8-13(9-7-12)16(17,18)19/h6-9H,2,5H2,1,3-4H3. The van der Waals surface area contributed by atoms with Crippen molar-refractivity contribution in [3.8, 4) is 0 Å². The van der Waals surface area contributed by atoms with Gasteiger partial charge in [-0.05, 0) is 44.0 Å². The van der Waals surface area contributed by atoms with Crippen LogP contribution in [0.15, 0.2) is 30.8 Å². The van der Waals surface area contributed by atoms with E-state index in [1.807, 2.05) is 0 Å². The van der Waals surface area contributed by atoms with Gasteiger partial charge in [-0.25, -0.2) is 0 Å². The first-order chi connectivity index (χ1) is 10.0. The van der Waals surface area contributed by atoms with E-state index in [4.69, 9.17) is 4.74 Å². The second kappa shape index (κ2) is 6.34. The van der Waals surface area contributed by atoms with Gasteiger partial charge in [-0.3, -0.25) is 9.59 Å². The SMILES string of the molecule is C=C(c1ccc(C(F)(F)F)cc1)C(C)(C(C)=O)C(=O)OCC. The van der Waals surface area contributed by atoms with Crippen molar-refractivity contribution in [3.63, 3.8) is 0 Å². The fraction of sp³-hybridized carbons (Fsp3) is 0.375. The van der Waals surface area contributed by atoms with Crippen molar-refractivity contribution >= 4 is 17.3 Å². The van der Waals surface area contributed by atoms with Gasteiger partial charge in [0.15, 0.2) is 5.78 Å². The van der Waals surface area contributed by atoms with E-state index in [0.717, 1.165) is 12.1 Å². The number of ether oxygens (including phenoxy) is 1. The minimum Gasteiger partial charge on any atom is -0.465 e. The minimum atomic E-state index is -4.45.